The number of anilines is 1. The lowest BCUT2D eigenvalue weighted by molar-refractivity contribution is -0.130. The van der Waals surface area contributed by atoms with Gasteiger partial charge in [0.05, 0.1) is 16.7 Å². The quantitative estimate of drug-likeness (QED) is 0.601. The van der Waals surface area contributed by atoms with Crippen molar-refractivity contribution < 1.29 is 19.2 Å². The minimum atomic E-state index is -0.967. The summed E-state index contributed by atoms with van der Waals surface area (Å²) in [5, 5.41) is 5.08. The maximum Gasteiger partial charge on any atom is 0.251 e. The van der Waals surface area contributed by atoms with Gasteiger partial charge in [0, 0.05) is 10.6 Å². The molecule has 166 valence electrons. The van der Waals surface area contributed by atoms with Crippen molar-refractivity contribution in [2.45, 2.75) is 22.2 Å². The molecular weight excluding hydrogens is 448 g/mol. The summed E-state index contributed by atoms with van der Waals surface area (Å²) in [5.41, 5.74) is 6.87. The number of thioether (sulfide) groups is 2. The van der Waals surface area contributed by atoms with Crippen LogP contribution in [0.2, 0.25) is 0 Å². The van der Waals surface area contributed by atoms with Gasteiger partial charge in [-0.3, -0.25) is 19.2 Å². The average Bonchev–Trinajstić information content (AvgIpc) is 2.90. The summed E-state index contributed by atoms with van der Waals surface area (Å²) >= 11 is 2.81. The fourth-order valence-corrected chi connectivity index (χ4v) is 5.90. The van der Waals surface area contributed by atoms with E-state index in [0.29, 0.717) is 17.2 Å². The van der Waals surface area contributed by atoms with E-state index in [-0.39, 0.29) is 12.5 Å². The molecule has 4 amide bonds. The van der Waals surface area contributed by atoms with Gasteiger partial charge >= 0.3 is 0 Å². The molecule has 3 atom stereocenters. The van der Waals surface area contributed by atoms with Crippen molar-refractivity contribution in [2.75, 3.05) is 23.0 Å². The van der Waals surface area contributed by atoms with E-state index in [9.17, 15) is 19.2 Å². The number of nitrogens with two attached hydrogens (primary N) is 1. The first kappa shape index (κ1) is 22.2. The summed E-state index contributed by atoms with van der Waals surface area (Å²) in [5.74, 6) is -1.01. The third kappa shape index (κ3) is 4.76. The minimum Gasteiger partial charge on any atom is -0.368 e. The van der Waals surface area contributed by atoms with E-state index < -0.39 is 35.1 Å². The van der Waals surface area contributed by atoms with Crippen molar-refractivity contribution in [3.05, 3.63) is 60.2 Å². The van der Waals surface area contributed by atoms with Crippen molar-refractivity contribution in [3.8, 4) is 0 Å². The van der Waals surface area contributed by atoms with Gasteiger partial charge in [-0.05, 0) is 17.7 Å². The van der Waals surface area contributed by atoms with Gasteiger partial charge in [0.2, 0.25) is 17.7 Å². The van der Waals surface area contributed by atoms with Crippen LogP contribution in [0.5, 0.6) is 0 Å². The number of nitrogens with zero attached hydrogens (tertiary/aromatic N) is 1. The molecule has 2 aliphatic heterocycles. The van der Waals surface area contributed by atoms with Crippen LogP contribution in [0, 0.1) is 0 Å². The molecule has 0 aliphatic carbocycles. The number of carbonyl (C=O) groups is 4. The second-order valence-electron chi connectivity index (χ2n) is 7.43. The predicted octanol–water partition coefficient (Wildman–Crippen LogP) is 1.07. The third-order valence-electron chi connectivity index (χ3n) is 5.15. The Bertz CT molecular complexity index is 1050. The molecule has 10 heteroatoms. The molecule has 8 nitrogen and oxygen atoms in total. The fraction of sp³-hybridized carbons (Fsp3) is 0.273. The van der Waals surface area contributed by atoms with Crippen molar-refractivity contribution >= 4 is 52.8 Å². The zero-order valence-electron chi connectivity index (χ0n) is 17.0. The summed E-state index contributed by atoms with van der Waals surface area (Å²) in [6.45, 7) is -0.305. The molecule has 0 saturated carbocycles. The van der Waals surface area contributed by atoms with Crippen molar-refractivity contribution in [1.29, 1.82) is 0 Å². The molecule has 3 unspecified atom stereocenters. The van der Waals surface area contributed by atoms with E-state index in [1.807, 2.05) is 42.5 Å². The smallest absolute Gasteiger partial charge is 0.251 e. The van der Waals surface area contributed by atoms with Gasteiger partial charge in [-0.2, -0.15) is 0 Å². The maximum atomic E-state index is 13.7. The number of primary amides is 1. The standard InChI is InChI=1S/C22H22N4O4S2/c23-17(27)10-26-15-8-4-5-9-16(15)32-20(13-6-2-1-3-7-13)19(22(26)30)25-21(29)14-11-31-12-18(28)24-14/h1-9,14,19-20H,10-12H2,(H2,23,27)(H,24,28)(H,25,29). The second-order valence-corrected chi connectivity index (χ2v) is 9.64. The minimum absolute atomic E-state index is 0.217. The monoisotopic (exact) mass is 470 g/mol. The number of carbonyl (C=O) groups excluding carboxylic acids is 4. The zero-order valence-corrected chi connectivity index (χ0v) is 18.7. The van der Waals surface area contributed by atoms with E-state index in [0.717, 1.165) is 10.5 Å². The normalized spacial score (nSPS) is 23.0. The molecule has 1 saturated heterocycles. The largest absolute Gasteiger partial charge is 0.368 e. The topological polar surface area (TPSA) is 122 Å². The van der Waals surface area contributed by atoms with Gasteiger partial charge in [-0.15, -0.1) is 23.5 Å². The molecule has 2 heterocycles. The highest BCUT2D eigenvalue weighted by Gasteiger charge is 2.41. The van der Waals surface area contributed by atoms with Crippen LogP contribution in [0.3, 0.4) is 0 Å². The number of benzene rings is 2. The van der Waals surface area contributed by atoms with E-state index in [1.54, 1.807) is 12.1 Å². The van der Waals surface area contributed by atoms with Crippen molar-refractivity contribution in [3.63, 3.8) is 0 Å². The van der Waals surface area contributed by atoms with Crippen molar-refractivity contribution in [1.82, 2.24) is 10.6 Å². The molecular formula is C22H22N4O4S2. The second kappa shape index (κ2) is 9.66. The molecule has 4 N–H and O–H groups in total. The van der Waals surface area contributed by atoms with Crippen molar-refractivity contribution in [2.24, 2.45) is 5.73 Å². The summed E-state index contributed by atoms with van der Waals surface area (Å²) in [7, 11) is 0. The highest BCUT2D eigenvalue weighted by atomic mass is 32.2. The van der Waals surface area contributed by atoms with Gasteiger partial charge in [-0.25, -0.2) is 0 Å². The lowest BCUT2D eigenvalue weighted by Crippen LogP contribution is -2.58. The Balaban J connectivity index is 1.73. The molecule has 1 fully saturated rings. The van der Waals surface area contributed by atoms with Crippen LogP contribution in [0.15, 0.2) is 59.5 Å². The van der Waals surface area contributed by atoms with Crippen LogP contribution >= 0.6 is 23.5 Å². The zero-order chi connectivity index (χ0) is 22.7. The molecule has 0 radical (unpaired) electrons. The number of amides is 4. The molecule has 0 aromatic heterocycles. The van der Waals surface area contributed by atoms with Crippen LogP contribution in [0.4, 0.5) is 5.69 Å². The molecule has 2 aliphatic rings. The van der Waals surface area contributed by atoms with E-state index >= 15 is 0 Å². The number of rotatable bonds is 5. The highest BCUT2D eigenvalue weighted by molar-refractivity contribution is 8.00. The van der Waals surface area contributed by atoms with E-state index in [1.165, 1.54) is 28.4 Å². The van der Waals surface area contributed by atoms with Gasteiger partial charge in [-0.1, -0.05) is 42.5 Å². The summed E-state index contributed by atoms with van der Waals surface area (Å²) in [6, 6.07) is 15.0. The van der Waals surface area contributed by atoms with Gasteiger partial charge in [0.1, 0.15) is 18.6 Å². The molecule has 2 aromatic rings. The fourth-order valence-electron chi connectivity index (χ4n) is 3.70. The summed E-state index contributed by atoms with van der Waals surface area (Å²) in [6.07, 6.45) is 0. The highest BCUT2D eigenvalue weighted by Crippen LogP contribution is 2.45. The lowest BCUT2D eigenvalue weighted by Gasteiger charge is -2.30. The number of para-hydroxylation sites is 1. The SMILES string of the molecule is NC(=O)CN1C(=O)C(NC(=O)C2CSCC(=O)N2)C(c2ccccc2)Sc2ccccc21. The first-order chi connectivity index (χ1) is 15.4. The Morgan fingerprint density at radius 3 is 2.53 bits per heavy atom. The Labute approximate surface area is 193 Å². The molecule has 4 rings (SSSR count). The first-order valence-corrected chi connectivity index (χ1v) is 12.1. The Morgan fingerprint density at radius 1 is 1.09 bits per heavy atom. The number of hydrogen-bond acceptors (Lipinski definition) is 6. The Morgan fingerprint density at radius 2 is 1.81 bits per heavy atom. The van der Waals surface area contributed by atoms with Crippen LogP contribution in [0.1, 0.15) is 10.8 Å². The average molecular weight is 471 g/mol. The van der Waals surface area contributed by atoms with Gasteiger partial charge < -0.3 is 21.3 Å². The van der Waals surface area contributed by atoms with Crippen LogP contribution in [-0.4, -0.2) is 53.8 Å². The van der Waals surface area contributed by atoms with Crippen LogP contribution in [0.25, 0.3) is 0 Å². The Kier molecular flexibility index (Phi) is 6.71. The molecule has 0 bridgehead atoms. The van der Waals surface area contributed by atoms with Gasteiger partial charge in [0.25, 0.3) is 5.91 Å². The van der Waals surface area contributed by atoms with E-state index in [2.05, 4.69) is 10.6 Å². The first-order valence-electron chi connectivity index (χ1n) is 10.0. The Hall–Kier alpha value is -2.98. The predicted molar refractivity (Wildman–Crippen MR) is 124 cm³/mol. The number of fused-ring (bicyclic) bond motifs is 1. The van der Waals surface area contributed by atoms with Gasteiger partial charge in [0.15, 0.2) is 0 Å². The van der Waals surface area contributed by atoms with Crippen LogP contribution in [-0.2, 0) is 19.2 Å². The van der Waals surface area contributed by atoms with Crippen LogP contribution < -0.4 is 21.3 Å². The molecule has 2 aromatic carbocycles. The third-order valence-corrected chi connectivity index (χ3v) is 7.59. The van der Waals surface area contributed by atoms with E-state index in [4.69, 9.17) is 5.73 Å². The maximum absolute atomic E-state index is 13.7. The number of hydrogen-bond donors (Lipinski definition) is 3. The molecule has 0 spiro atoms. The lowest BCUT2D eigenvalue weighted by atomic mass is 10.0. The molecule has 32 heavy (non-hydrogen) atoms. The summed E-state index contributed by atoms with van der Waals surface area (Å²) < 4.78 is 0. The number of nitrogens with one attached hydrogen (secondary N) is 2. The summed E-state index contributed by atoms with van der Waals surface area (Å²) in [4.78, 5) is 52.4.